The topological polar surface area (TPSA) is 78.4 Å². The van der Waals surface area contributed by atoms with E-state index >= 15 is 0 Å². The molecule has 2 rings (SSSR count). The van der Waals surface area contributed by atoms with E-state index in [-0.39, 0.29) is 11.5 Å². The molecule has 1 unspecified atom stereocenters. The third-order valence-corrected chi connectivity index (χ3v) is 3.18. The van der Waals surface area contributed by atoms with Crippen molar-refractivity contribution in [2.24, 2.45) is 0 Å². The van der Waals surface area contributed by atoms with Crippen LogP contribution in [-0.4, -0.2) is 16.9 Å². The number of hydrogen-bond acceptors (Lipinski definition) is 3. The van der Waals surface area contributed by atoms with Crippen molar-refractivity contribution in [1.29, 1.82) is 0 Å². The predicted molar refractivity (Wildman–Crippen MR) is 70.9 cm³/mol. The highest BCUT2D eigenvalue weighted by atomic mass is 35.5. The lowest BCUT2D eigenvalue weighted by Gasteiger charge is -2.28. The van der Waals surface area contributed by atoms with Crippen LogP contribution in [0.25, 0.3) is 0 Å². The number of urea groups is 1. The molecule has 0 saturated carbocycles. The second kappa shape index (κ2) is 4.93. The molecule has 0 fully saturated rings. The number of phenols is 1. The van der Waals surface area contributed by atoms with Gasteiger partial charge in [-0.15, -0.1) is 0 Å². The molecule has 0 bridgehead atoms. The second-order valence-corrected chi connectivity index (χ2v) is 4.77. The number of Topliss-reactive ketones (excluding diaryl/α,β-unsaturated/α-hetero) is 1. The molecule has 100 valence electrons. The van der Waals surface area contributed by atoms with E-state index in [1.165, 1.54) is 25.1 Å². The van der Waals surface area contributed by atoms with Crippen LogP contribution in [-0.2, 0) is 4.79 Å². The van der Waals surface area contributed by atoms with Gasteiger partial charge in [0.25, 0.3) is 0 Å². The molecule has 0 aliphatic carbocycles. The van der Waals surface area contributed by atoms with E-state index in [1.54, 1.807) is 6.92 Å². The van der Waals surface area contributed by atoms with Gasteiger partial charge in [-0.25, -0.2) is 4.79 Å². The van der Waals surface area contributed by atoms with Crippen LogP contribution >= 0.6 is 11.6 Å². The van der Waals surface area contributed by atoms with E-state index in [2.05, 4.69) is 10.6 Å². The minimum Gasteiger partial charge on any atom is -0.508 e. The summed E-state index contributed by atoms with van der Waals surface area (Å²) in [6.45, 7) is 3.05. The molecule has 1 aliphatic rings. The monoisotopic (exact) mass is 280 g/mol. The number of benzene rings is 1. The average molecular weight is 281 g/mol. The quantitative estimate of drug-likeness (QED) is 0.777. The molecule has 2 amide bonds. The maximum atomic E-state index is 11.7. The Kier molecular flexibility index (Phi) is 3.48. The summed E-state index contributed by atoms with van der Waals surface area (Å²) in [6, 6.07) is 3.37. The zero-order valence-corrected chi connectivity index (χ0v) is 11.2. The minimum atomic E-state index is -0.704. The third kappa shape index (κ3) is 2.56. The minimum absolute atomic E-state index is 0.0249. The fourth-order valence-corrected chi connectivity index (χ4v) is 2.33. The SMILES string of the molecule is CC(=O)C1=C(C)NC(=O)NC1c1cc(Cl)ccc1O. The van der Waals surface area contributed by atoms with Crippen LogP contribution in [0, 0.1) is 0 Å². The van der Waals surface area contributed by atoms with Crippen molar-refractivity contribution >= 4 is 23.4 Å². The Labute approximate surface area is 115 Å². The highest BCUT2D eigenvalue weighted by Gasteiger charge is 2.30. The summed E-state index contributed by atoms with van der Waals surface area (Å²) >= 11 is 5.90. The largest absolute Gasteiger partial charge is 0.508 e. The van der Waals surface area contributed by atoms with E-state index in [9.17, 15) is 14.7 Å². The van der Waals surface area contributed by atoms with Crippen molar-refractivity contribution in [2.75, 3.05) is 0 Å². The Morgan fingerprint density at radius 2 is 2.11 bits per heavy atom. The number of amides is 2. The molecule has 1 atom stereocenters. The number of rotatable bonds is 2. The number of hydrogen-bond donors (Lipinski definition) is 3. The van der Waals surface area contributed by atoms with Gasteiger partial charge in [-0.1, -0.05) is 11.6 Å². The van der Waals surface area contributed by atoms with Crippen LogP contribution in [0.2, 0.25) is 5.02 Å². The van der Waals surface area contributed by atoms with E-state index in [0.717, 1.165) is 0 Å². The number of allylic oxidation sites excluding steroid dienone is 1. The molecular weight excluding hydrogens is 268 g/mol. The zero-order valence-electron chi connectivity index (χ0n) is 10.5. The van der Waals surface area contributed by atoms with Gasteiger partial charge in [-0.05, 0) is 32.0 Å². The number of carbonyl (C=O) groups is 2. The van der Waals surface area contributed by atoms with Crippen molar-refractivity contribution < 1.29 is 14.7 Å². The van der Waals surface area contributed by atoms with Gasteiger partial charge in [-0.3, -0.25) is 4.79 Å². The second-order valence-electron chi connectivity index (χ2n) is 4.33. The standard InChI is InChI=1S/C13H13ClN2O3/c1-6-11(7(2)17)12(16-13(19)15-6)9-5-8(14)3-4-10(9)18/h3-5,12,18H,1-2H3,(H2,15,16,19). The third-order valence-electron chi connectivity index (χ3n) is 2.95. The highest BCUT2D eigenvalue weighted by molar-refractivity contribution is 6.30. The number of nitrogens with one attached hydrogen (secondary N) is 2. The lowest BCUT2D eigenvalue weighted by molar-refractivity contribution is -0.114. The average Bonchev–Trinajstić information content (AvgIpc) is 2.30. The number of carbonyl (C=O) groups excluding carboxylic acids is 2. The van der Waals surface area contributed by atoms with Crippen molar-refractivity contribution in [3.05, 3.63) is 40.1 Å². The molecule has 0 spiro atoms. The Balaban J connectivity index is 2.58. The van der Waals surface area contributed by atoms with Crippen molar-refractivity contribution in [3.8, 4) is 5.75 Å². The number of halogens is 1. The maximum Gasteiger partial charge on any atom is 0.319 e. The van der Waals surface area contributed by atoms with Gasteiger partial charge in [0.05, 0.1) is 6.04 Å². The first kappa shape index (κ1) is 13.4. The molecule has 0 saturated heterocycles. The first-order valence-corrected chi connectivity index (χ1v) is 6.05. The maximum absolute atomic E-state index is 11.7. The van der Waals surface area contributed by atoms with Crippen LogP contribution in [0.1, 0.15) is 25.5 Å². The van der Waals surface area contributed by atoms with Gasteiger partial charge in [0, 0.05) is 21.9 Å². The van der Waals surface area contributed by atoms with E-state index < -0.39 is 12.1 Å². The predicted octanol–water partition coefficient (Wildman–Crippen LogP) is 2.26. The van der Waals surface area contributed by atoms with Crippen molar-refractivity contribution in [1.82, 2.24) is 10.6 Å². The summed E-state index contributed by atoms with van der Waals surface area (Å²) in [6.07, 6.45) is 0. The molecule has 6 heteroatoms. The molecule has 1 heterocycles. The molecule has 1 aromatic rings. The van der Waals surface area contributed by atoms with E-state index in [1.807, 2.05) is 0 Å². The van der Waals surface area contributed by atoms with Gasteiger partial charge in [-0.2, -0.15) is 0 Å². The van der Waals surface area contributed by atoms with Crippen LogP contribution in [0.15, 0.2) is 29.5 Å². The lowest BCUT2D eigenvalue weighted by Crippen LogP contribution is -2.44. The fraction of sp³-hybridized carbons (Fsp3) is 0.231. The Morgan fingerprint density at radius 3 is 2.74 bits per heavy atom. The van der Waals surface area contributed by atoms with Gasteiger partial charge in [0.15, 0.2) is 5.78 Å². The smallest absolute Gasteiger partial charge is 0.319 e. The summed E-state index contributed by atoms with van der Waals surface area (Å²) in [7, 11) is 0. The Morgan fingerprint density at radius 1 is 1.42 bits per heavy atom. The lowest BCUT2D eigenvalue weighted by atomic mass is 9.92. The van der Waals surface area contributed by atoms with E-state index in [0.29, 0.717) is 21.9 Å². The summed E-state index contributed by atoms with van der Waals surface area (Å²) in [5.74, 6) is -0.211. The van der Waals surface area contributed by atoms with Gasteiger partial charge >= 0.3 is 6.03 Å². The van der Waals surface area contributed by atoms with Crippen LogP contribution < -0.4 is 10.6 Å². The Bertz CT molecular complexity index is 596. The van der Waals surface area contributed by atoms with Crippen LogP contribution in [0.3, 0.4) is 0 Å². The summed E-state index contributed by atoms with van der Waals surface area (Å²) in [5.41, 5.74) is 1.27. The molecule has 19 heavy (non-hydrogen) atoms. The van der Waals surface area contributed by atoms with Crippen molar-refractivity contribution in [3.63, 3.8) is 0 Å². The zero-order chi connectivity index (χ0) is 14.2. The van der Waals surface area contributed by atoms with Gasteiger partial charge in [0.2, 0.25) is 0 Å². The molecule has 5 nitrogen and oxygen atoms in total. The highest BCUT2D eigenvalue weighted by Crippen LogP contribution is 2.34. The van der Waals surface area contributed by atoms with E-state index in [4.69, 9.17) is 11.6 Å². The normalized spacial score (nSPS) is 18.9. The first-order valence-electron chi connectivity index (χ1n) is 5.67. The molecule has 3 N–H and O–H groups in total. The van der Waals surface area contributed by atoms with Crippen molar-refractivity contribution in [2.45, 2.75) is 19.9 Å². The number of ketones is 1. The van der Waals surface area contributed by atoms with Gasteiger partial charge in [0.1, 0.15) is 5.75 Å². The van der Waals surface area contributed by atoms with Crippen LogP contribution in [0.4, 0.5) is 4.79 Å². The molecular formula is C13H13ClN2O3. The molecule has 0 radical (unpaired) electrons. The summed E-state index contributed by atoms with van der Waals surface area (Å²) in [4.78, 5) is 23.3. The fourth-order valence-electron chi connectivity index (χ4n) is 2.15. The van der Waals surface area contributed by atoms with Crippen LogP contribution in [0.5, 0.6) is 5.75 Å². The summed E-state index contributed by atoms with van der Waals surface area (Å²) < 4.78 is 0. The van der Waals surface area contributed by atoms with Gasteiger partial charge < -0.3 is 15.7 Å². The molecule has 0 aromatic heterocycles. The number of aromatic hydroxyl groups is 1. The molecule has 1 aromatic carbocycles. The summed E-state index contributed by atoms with van der Waals surface area (Å²) in [5, 5.41) is 15.5. The first-order chi connectivity index (χ1) is 8.90. The Hall–Kier alpha value is -2.01. The number of phenolic OH excluding ortho intramolecular Hbond substituents is 1. The molecule has 1 aliphatic heterocycles.